The number of carbonyl (C=O) groups excluding carboxylic acids is 1. The molecule has 0 aromatic heterocycles. The average molecular weight is 455 g/mol. The molecule has 0 aromatic rings. The van der Waals surface area contributed by atoms with Crippen LogP contribution in [0.1, 0.15) is 84.0 Å². The van der Waals surface area contributed by atoms with Crippen molar-refractivity contribution in [1.29, 1.82) is 0 Å². The number of aliphatic carboxylic acids is 2. The summed E-state index contributed by atoms with van der Waals surface area (Å²) in [5.41, 5.74) is 5.07. The first-order chi connectivity index (χ1) is 13.7. The van der Waals surface area contributed by atoms with E-state index in [1.165, 1.54) is 64.2 Å². The second kappa shape index (κ2) is 19.0. The zero-order valence-electron chi connectivity index (χ0n) is 16.9. The van der Waals surface area contributed by atoms with E-state index >= 15 is 0 Å². The van der Waals surface area contributed by atoms with Crippen LogP contribution >= 0.6 is 0 Å². The summed E-state index contributed by atoms with van der Waals surface area (Å²) in [6, 6.07) is 0. The van der Waals surface area contributed by atoms with Gasteiger partial charge < -0.3 is 15.9 Å². The highest BCUT2D eigenvalue weighted by atomic mass is 19.4. The standard InChI is InChI=1S/C14H29NO.2C2HF3O2/c1-2-3-4-5-6-7-8-9-10-11-12-13-14(15)16;2*3-2(4,5)1(6)7/h2-13H2,1H3,(H2,15,16);2*(H,6,7). The van der Waals surface area contributed by atoms with Crippen molar-refractivity contribution >= 4 is 17.8 Å². The molecule has 0 saturated carbocycles. The Morgan fingerprint density at radius 3 is 1.07 bits per heavy atom. The number of amides is 1. The lowest BCUT2D eigenvalue weighted by Gasteiger charge is -2.01. The number of alkyl halides is 6. The van der Waals surface area contributed by atoms with E-state index in [4.69, 9.17) is 25.5 Å². The van der Waals surface area contributed by atoms with Crippen molar-refractivity contribution in [2.24, 2.45) is 5.73 Å². The number of primary amides is 1. The molecule has 12 heteroatoms. The summed E-state index contributed by atoms with van der Waals surface area (Å²) >= 11 is 0. The molecule has 0 bridgehead atoms. The number of carbonyl (C=O) groups is 3. The van der Waals surface area contributed by atoms with E-state index in [9.17, 15) is 31.1 Å². The van der Waals surface area contributed by atoms with Crippen LogP contribution < -0.4 is 5.73 Å². The third kappa shape index (κ3) is 30.7. The molecule has 6 nitrogen and oxygen atoms in total. The Morgan fingerprint density at radius 2 is 0.867 bits per heavy atom. The number of unbranched alkanes of at least 4 members (excludes halogenated alkanes) is 10. The number of rotatable bonds is 12. The van der Waals surface area contributed by atoms with E-state index in [0.29, 0.717) is 6.42 Å². The van der Waals surface area contributed by atoms with Crippen molar-refractivity contribution in [2.45, 2.75) is 96.3 Å². The summed E-state index contributed by atoms with van der Waals surface area (Å²) in [6.07, 6.45) is 4.84. The van der Waals surface area contributed by atoms with Gasteiger partial charge in [-0.05, 0) is 6.42 Å². The van der Waals surface area contributed by atoms with Crippen LogP contribution in [0.3, 0.4) is 0 Å². The molecule has 0 heterocycles. The first-order valence-electron chi connectivity index (χ1n) is 9.54. The first kappa shape index (κ1) is 32.6. The van der Waals surface area contributed by atoms with E-state index in [2.05, 4.69) is 6.92 Å². The molecule has 0 aliphatic rings. The maximum Gasteiger partial charge on any atom is 0.490 e. The summed E-state index contributed by atoms with van der Waals surface area (Å²) in [5, 5.41) is 14.2. The molecular weight excluding hydrogens is 424 g/mol. The van der Waals surface area contributed by atoms with Gasteiger partial charge >= 0.3 is 24.3 Å². The smallest absolute Gasteiger partial charge is 0.475 e. The van der Waals surface area contributed by atoms with Crippen LogP contribution in [0.4, 0.5) is 26.3 Å². The first-order valence-corrected chi connectivity index (χ1v) is 9.54. The summed E-state index contributed by atoms with van der Waals surface area (Å²) in [4.78, 5) is 28.3. The van der Waals surface area contributed by atoms with Gasteiger partial charge in [0.05, 0.1) is 0 Å². The van der Waals surface area contributed by atoms with Gasteiger partial charge in [-0.3, -0.25) is 4.79 Å². The van der Waals surface area contributed by atoms with E-state index < -0.39 is 24.3 Å². The minimum atomic E-state index is -5.08. The summed E-state index contributed by atoms with van der Waals surface area (Å²) in [6.45, 7) is 2.26. The van der Waals surface area contributed by atoms with Crippen LogP contribution in [0, 0.1) is 0 Å². The van der Waals surface area contributed by atoms with Gasteiger partial charge in [0.2, 0.25) is 5.91 Å². The second-order valence-corrected chi connectivity index (χ2v) is 6.36. The number of halogens is 6. The SMILES string of the molecule is CCCCCCCCCCCCCC(N)=O.O=C(O)C(F)(F)F.O=C(O)C(F)(F)F. The number of hydrogen-bond donors (Lipinski definition) is 3. The summed E-state index contributed by atoms with van der Waals surface area (Å²) < 4.78 is 63.5. The lowest BCUT2D eigenvalue weighted by Crippen LogP contribution is -2.21. The Balaban J connectivity index is -0.000000430. The highest BCUT2D eigenvalue weighted by Gasteiger charge is 2.38. The lowest BCUT2D eigenvalue weighted by atomic mass is 10.1. The van der Waals surface area contributed by atoms with Gasteiger partial charge in [-0.2, -0.15) is 26.3 Å². The van der Waals surface area contributed by atoms with Crippen LogP contribution in [-0.4, -0.2) is 40.4 Å². The van der Waals surface area contributed by atoms with Crippen LogP contribution in [0.5, 0.6) is 0 Å². The van der Waals surface area contributed by atoms with Gasteiger partial charge in [0.1, 0.15) is 0 Å². The van der Waals surface area contributed by atoms with Crippen molar-refractivity contribution in [3.63, 3.8) is 0 Å². The van der Waals surface area contributed by atoms with Gasteiger partial charge in [0.15, 0.2) is 0 Å². The fraction of sp³-hybridized carbons (Fsp3) is 0.833. The predicted molar refractivity (Wildman–Crippen MR) is 97.7 cm³/mol. The number of carboxylic acids is 2. The van der Waals surface area contributed by atoms with E-state index in [1.54, 1.807) is 0 Å². The van der Waals surface area contributed by atoms with Crippen molar-refractivity contribution < 1.29 is 50.9 Å². The average Bonchev–Trinajstić information content (AvgIpc) is 2.59. The van der Waals surface area contributed by atoms with Crippen LogP contribution in [-0.2, 0) is 14.4 Å². The lowest BCUT2D eigenvalue weighted by molar-refractivity contribution is -0.193. The molecular formula is C18H31F6NO5. The Morgan fingerprint density at radius 1 is 0.633 bits per heavy atom. The molecule has 0 unspecified atom stereocenters. The Kier molecular flexibility index (Phi) is 20.7. The Bertz CT molecular complexity index is 443. The molecule has 0 saturated heterocycles. The van der Waals surface area contributed by atoms with Crippen molar-refractivity contribution in [2.75, 3.05) is 0 Å². The third-order valence-electron chi connectivity index (χ3n) is 3.51. The zero-order chi connectivity index (χ0) is 24.2. The highest BCUT2D eigenvalue weighted by Crippen LogP contribution is 2.14. The fourth-order valence-corrected chi connectivity index (χ4v) is 1.96. The number of nitrogens with two attached hydrogens (primary N) is 1. The second-order valence-electron chi connectivity index (χ2n) is 6.36. The zero-order valence-corrected chi connectivity index (χ0v) is 16.9. The van der Waals surface area contributed by atoms with E-state index in [0.717, 1.165) is 6.42 Å². The van der Waals surface area contributed by atoms with Crippen LogP contribution in [0.25, 0.3) is 0 Å². The maximum atomic E-state index is 10.6. The topological polar surface area (TPSA) is 118 Å². The van der Waals surface area contributed by atoms with Crippen molar-refractivity contribution in [3.8, 4) is 0 Å². The highest BCUT2D eigenvalue weighted by molar-refractivity contribution is 5.73. The molecule has 1 amide bonds. The quantitative estimate of drug-likeness (QED) is 0.268. The number of carboxylic acid groups (broad SMARTS) is 2. The van der Waals surface area contributed by atoms with E-state index in [-0.39, 0.29) is 5.91 Å². The van der Waals surface area contributed by atoms with Crippen molar-refractivity contribution in [3.05, 3.63) is 0 Å². The van der Waals surface area contributed by atoms with E-state index in [1.807, 2.05) is 0 Å². The minimum Gasteiger partial charge on any atom is -0.475 e. The third-order valence-corrected chi connectivity index (χ3v) is 3.51. The largest absolute Gasteiger partial charge is 0.490 e. The van der Waals surface area contributed by atoms with Crippen LogP contribution in [0.15, 0.2) is 0 Å². The molecule has 0 rings (SSSR count). The van der Waals surface area contributed by atoms with Gasteiger partial charge in [0, 0.05) is 6.42 Å². The Labute approximate surface area is 171 Å². The predicted octanol–water partition coefficient (Wildman–Crippen LogP) is 5.44. The number of hydrogen-bond acceptors (Lipinski definition) is 3. The van der Waals surface area contributed by atoms with Crippen molar-refractivity contribution in [1.82, 2.24) is 0 Å². The molecule has 180 valence electrons. The molecule has 0 fully saturated rings. The van der Waals surface area contributed by atoms with Gasteiger partial charge in [-0.15, -0.1) is 0 Å². The molecule has 30 heavy (non-hydrogen) atoms. The molecule has 0 aliphatic carbocycles. The molecule has 0 radical (unpaired) electrons. The monoisotopic (exact) mass is 455 g/mol. The van der Waals surface area contributed by atoms with Gasteiger partial charge in [-0.1, -0.05) is 71.1 Å². The maximum absolute atomic E-state index is 10.6. The molecule has 0 spiro atoms. The summed E-state index contributed by atoms with van der Waals surface area (Å²) in [7, 11) is 0. The minimum absolute atomic E-state index is 0.157. The van der Waals surface area contributed by atoms with Gasteiger partial charge in [0.25, 0.3) is 0 Å². The molecule has 0 aromatic carbocycles. The Hall–Kier alpha value is -2.01. The van der Waals surface area contributed by atoms with Crippen LogP contribution in [0.2, 0.25) is 0 Å². The molecule has 0 atom stereocenters. The summed E-state index contributed by atoms with van der Waals surface area (Å²) in [5.74, 6) is -5.67. The molecule has 0 aliphatic heterocycles. The molecule has 4 N–H and O–H groups in total. The fourth-order valence-electron chi connectivity index (χ4n) is 1.96. The van der Waals surface area contributed by atoms with Gasteiger partial charge in [-0.25, -0.2) is 9.59 Å². The normalized spacial score (nSPS) is 10.9.